The van der Waals surface area contributed by atoms with Crippen LogP contribution in [0.2, 0.25) is 0 Å². The van der Waals surface area contributed by atoms with E-state index in [2.05, 4.69) is 28.9 Å². The van der Waals surface area contributed by atoms with Gasteiger partial charge in [-0.3, -0.25) is 4.90 Å². The van der Waals surface area contributed by atoms with Gasteiger partial charge in [0, 0.05) is 50.4 Å². The van der Waals surface area contributed by atoms with Crippen LogP contribution in [-0.4, -0.2) is 55.7 Å². The van der Waals surface area contributed by atoms with Gasteiger partial charge < -0.3 is 14.4 Å². The number of ether oxygens (including phenoxy) is 2. The second-order valence-electron chi connectivity index (χ2n) is 7.06. The molecular weight excluding hydrogens is 300 g/mol. The van der Waals surface area contributed by atoms with Crippen molar-refractivity contribution < 1.29 is 9.47 Å². The highest BCUT2D eigenvalue weighted by Gasteiger charge is 2.26. The molecule has 1 heterocycles. The number of benzene rings is 1. The van der Waals surface area contributed by atoms with Crippen molar-refractivity contribution in [2.75, 3.05) is 45.9 Å². The molecule has 24 heavy (non-hydrogen) atoms. The Morgan fingerprint density at radius 3 is 2.25 bits per heavy atom. The fraction of sp³-hybridized carbons (Fsp3) is 0.700. The number of nitrogens with zero attached hydrogens (tertiary/aromatic N) is 2. The summed E-state index contributed by atoms with van der Waals surface area (Å²) in [6.07, 6.45) is 2.90. The number of hydrogen-bond acceptors (Lipinski definition) is 4. The Hall–Kier alpha value is -1.26. The van der Waals surface area contributed by atoms with Crippen LogP contribution in [0.4, 0.5) is 0 Å². The first-order valence-electron chi connectivity index (χ1n) is 9.54. The molecule has 2 fully saturated rings. The van der Waals surface area contributed by atoms with Crippen LogP contribution in [0.25, 0.3) is 0 Å². The molecule has 0 amide bonds. The molecule has 2 aliphatic rings. The summed E-state index contributed by atoms with van der Waals surface area (Å²) in [7, 11) is 0. The van der Waals surface area contributed by atoms with E-state index in [9.17, 15) is 0 Å². The van der Waals surface area contributed by atoms with Crippen LogP contribution in [0, 0.1) is 12.8 Å². The van der Waals surface area contributed by atoms with E-state index >= 15 is 0 Å². The van der Waals surface area contributed by atoms with Gasteiger partial charge in [-0.2, -0.15) is 0 Å². The average Bonchev–Trinajstić information content (AvgIpc) is 3.39. The Morgan fingerprint density at radius 1 is 0.958 bits per heavy atom. The molecule has 0 N–H and O–H groups in total. The largest absolute Gasteiger partial charge is 0.493 e. The summed E-state index contributed by atoms with van der Waals surface area (Å²) in [6.45, 7) is 14.6. The molecule has 0 spiro atoms. The molecule has 4 heteroatoms. The van der Waals surface area contributed by atoms with Crippen molar-refractivity contribution >= 4 is 0 Å². The lowest BCUT2D eigenvalue weighted by Gasteiger charge is -2.35. The smallest absolute Gasteiger partial charge is 0.130 e. The van der Waals surface area contributed by atoms with Crippen LogP contribution < -0.4 is 9.47 Å². The van der Waals surface area contributed by atoms with E-state index in [0.717, 1.165) is 42.6 Å². The molecular formula is C20H32N2O2. The summed E-state index contributed by atoms with van der Waals surface area (Å²) in [5.41, 5.74) is 2.41. The van der Waals surface area contributed by atoms with E-state index in [1.165, 1.54) is 38.0 Å². The first-order valence-corrected chi connectivity index (χ1v) is 9.54. The van der Waals surface area contributed by atoms with Crippen molar-refractivity contribution in [3.05, 3.63) is 23.3 Å². The lowest BCUT2D eigenvalue weighted by Crippen LogP contribution is -2.46. The van der Waals surface area contributed by atoms with E-state index in [4.69, 9.17) is 9.47 Å². The molecule has 1 aromatic rings. The van der Waals surface area contributed by atoms with Crippen LogP contribution in [0.5, 0.6) is 11.5 Å². The summed E-state index contributed by atoms with van der Waals surface area (Å²) in [6, 6.07) is 4.28. The van der Waals surface area contributed by atoms with Gasteiger partial charge in [0.25, 0.3) is 0 Å². The minimum absolute atomic E-state index is 0.689. The second kappa shape index (κ2) is 8.21. The van der Waals surface area contributed by atoms with Gasteiger partial charge in [0.05, 0.1) is 13.2 Å². The number of piperazine rings is 1. The Bertz CT molecular complexity index is 535. The van der Waals surface area contributed by atoms with Gasteiger partial charge >= 0.3 is 0 Å². The quantitative estimate of drug-likeness (QED) is 0.729. The van der Waals surface area contributed by atoms with Crippen molar-refractivity contribution in [3.63, 3.8) is 0 Å². The topological polar surface area (TPSA) is 24.9 Å². The maximum Gasteiger partial charge on any atom is 0.130 e. The maximum absolute atomic E-state index is 5.96. The zero-order chi connectivity index (χ0) is 16.9. The Kier molecular flexibility index (Phi) is 6.01. The van der Waals surface area contributed by atoms with Crippen molar-refractivity contribution in [3.8, 4) is 11.5 Å². The van der Waals surface area contributed by atoms with Crippen molar-refractivity contribution in [1.29, 1.82) is 0 Å². The standard InChI is InChI=1S/C20H32N2O2/c1-4-23-19-9-8-18(20(16(19)3)24-5-2)15-22-12-10-21(11-13-22)14-17-6-7-17/h8-9,17H,4-7,10-15H2,1-3H3. The molecule has 0 aromatic heterocycles. The van der Waals surface area contributed by atoms with Gasteiger partial charge in [0.1, 0.15) is 11.5 Å². The van der Waals surface area contributed by atoms with E-state index in [1.54, 1.807) is 0 Å². The van der Waals surface area contributed by atoms with Crippen LogP contribution >= 0.6 is 0 Å². The van der Waals surface area contributed by atoms with Crippen molar-refractivity contribution in [1.82, 2.24) is 9.80 Å². The Morgan fingerprint density at radius 2 is 1.62 bits per heavy atom. The Balaban J connectivity index is 1.62. The lowest BCUT2D eigenvalue weighted by atomic mass is 10.1. The molecule has 1 saturated heterocycles. The van der Waals surface area contributed by atoms with E-state index in [1.807, 2.05) is 13.8 Å². The highest BCUT2D eigenvalue weighted by Crippen LogP contribution is 2.33. The summed E-state index contributed by atoms with van der Waals surface area (Å²) in [5, 5.41) is 0. The average molecular weight is 332 g/mol. The van der Waals surface area contributed by atoms with Gasteiger partial charge in [-0.15, -0.1) is 0 Å². The molecule has 134 valence electrons. The van der Waals surface area contributed by atoms with Crippen LogP contribution in [0.15, 0.2) is 12.1 Å². The van der Waals surface area contributed by atoms with E-state index < -0.39 is 0 Å². The molecule has 0 bridgehead atoms. The van der Waals surface area contributed by atoms with Gasteiger partial charge in [-0.1, -0.05) is 6.07 Å². The van der Waals surface area contributed by atoms with Crippen LogP contribution in [-0.2, 0) is 6.54 Å². The fourth-order valence-electron chi connectivity index (χ4n) is 3.55. The molecule has 1 aliphatic heterocycles. The van der Waals surface area contributed by atoms with Gasteiger partial charge in [-0.05, 0) is 45.6 Å². The summed E-state index contributed by atoms with van der Waals surface area (Å²) in [4.78, 5) is 5.20. The van der Waals surface area contributed by atoms with Crippen LogP contribution in [0.1, 0.15) is 37.8 Å². The fourth-order valence-corrected chi connectivity index (χ4v) is 3.55. The minimum atomic E-state index is 0.689. The van der Waals surface area contributed by atoms with E-state index in [-0.39, 0.29) is 0 Å². The zero-order valence-electron chi connectivity index (χ0n) is 15.5. The molecule has 4 nitrogen and oxygen atoms in total. The number of rotatable bonds is 8. The predicted octanol–water partition coefficient (Wildman–Crippen LogP) is 3.32. The third-order valence-corrected chi connectivity index (χ3v) is 5.10. The zero-order valence-corrected chi connectivity index (χ0v) is 15.5. The highest BCUT2D eigenvalue weighted by atomic mass is 16.5. The SMILES string of the molecule is CCOc1ccc(CN2CCN(CC3CC3)CC2)c(OCC)c1C. The third kappa shape index (κ3) is 4.42. The lowest BCUT2D eigenvalue weighted by molar-refractivity contribution is 0.122. The molecule has 0 unspecified atom stereocenters. The van der Waals surface area contributed by atoms with Crippen molar-refractivity contribution in [2.45, 2.75) is 40.2 Å². The maximum atomic E-state index is 5.96. The molecule has 0 radical (unpaired) electrons. The second-order valence-corrected chi connectivity index (χ2v) is 7.06. The first-order chi connectivity index (χ1) is 11.7. The highest BCUT2D eigenvalue weighted by molar-refractivity contribution is 5.49. The van der Waals surface area contributed by atoms with Crippen molar-refractivity contribution in [2.24, 2.45) is 5.92 Å². The number of hydrogen-bond donors (Lipinski definition) is 0. The Labute approximate surface area is 146 Å². The van der Waals surface area contributed by atoms with Gasteiger partial charge in [-0.25, -0.2) is 0 Å². The summed E-state index contributed by atoms with van der Waals surface area (Å²) >= 11 is 0. The van der Waals surface area contributed by atoms with Gasteiger partial charge in [0.15, 0.2) is 0 Å². The normalized spacial score (nSPS) is 19.5. The first kappa shape index (κ1) is 17.6. The van der Waals surface area contributed by atoms with Crippen LogP contribution in [0.3, 0.4) is 0 Å². The molecule has 3 rings (SSSR count). The molecule has 0 atom stereocenters. The van der Waals surface area contributed by atoms with Gasteiger partial charge in [0.2, 0.25) is 0 Å². The van der Waals surface area contributed by atoms with E-state index in [0.29, 0.717) is 13.2 Å². The third-order valence-electron chi connectivity index (χ3n) is 5.10. The monoisotopic (exact) mass is 332 g/mol. The molecule has 1 aromatic carbocycles. The summed E-state index contributed by atoms with van der Waals surface area (Å²) in [5.74, 6) is 2.96. The molecule has 1 aliphatic carbocycles. The summed E-state index contributed by atoms with van der Waals surface area (Å²) < 4.78 is 11.7. The predicted molar refractivity (Wildman–Crippen MR) is 98.0 cm³/mol. The molecule has 1 saturated carbocycles. The minimum Gasteiger partial charge on any atom is -0.493 e.